The highest BCUT2D eigenvalue weighted by Crippen LogP contribution is 2.63. The largest absolute Gasteiger partial charge is 0.353 e. The third-order valence-corrected chi connectivity index (χ3v) is 12.8. The summed E-state index contributed by atoms with van der Waals surface area (Å²) >= 11 is 0. The molecule has 0 aromatic heterocycles. The van der Waals surface area contributed by atoms with Gasteiger partial charge < -0.3 is 10.6 Å². The van der Waals surface area contributed by atoms with Crippen molar-refractivity contribution in [3.8, 4) is 0 Å². The van der Waals surface area contributed by atoms with Gasteiger partial charge in [0.1, 0.15) is 5.92 Å². The minimum atomic E-state index is -0.488. The maximum atomic E-state index is 14.1. The first-order valence-electron chi connectivity index (χ1n) is 15.5. The van der Waals surface area contributed by atoms with Crippen LogP contribution in [0, 0.1) is 64.6 Å². The molecule has 35 heavy (non-hydrogen) atoms. The molecule has 4 nitrogen and oxygen atoms in total. The third-order valence-electron chi connectivity index (χ3n) is 12.8. The van der Waals surface area contributed by atoms with Crippen molar-refractivity contribution in [2.75, 3.05) is 0 Å². The number of hydrogen-bond acceptors (Lipinski definition) is 2. The van der Waals surface area contributed by atoms with Gasteiger partial charge in [-0.1, -0.05) is 12.8 Å². The van der Waals surface area contributed by atoms with Crippen molar-refractivity contribution >= 4 is 11.8 Å². The highest BCUT2D eigenvalue weighted by atomic mass is 16.2. The number of amides is 2. The summed E-state index contributed by atoms with van der Waals surface area (Å²) in [4.78, 5) is 28.3. The van der Waals surface area contributed by atoms with Crippen LogP contribution in [0.1, 0.15) is 104 Å². The number of nitrogens with one attached hydrogen (secondary N) is 2. The normalized spacial score (nSPS) is 49.3. The molecule has 0 saturated heterocycles. The molecule has 4 heteroatoms. The fourth-order valence-electron chi connectivity index (χ4n) is 11.8. The van der Waals surface area contributed by atoms with Crippen molar-refractivity contribution in [3.05, 3.63) is 0 Å². The number of carbonyl (C=O) groups excluding carboxylic acids is 2. The highest BCUT2D eigenvalue weighted by Gasteiger charge is 2.58. The Morgan fingerprint density at radius 3 is 1.37 bits per heavy atom. The van der Waals surface area contributed by atoms with Crippen molar-refractivity contribution in [3.63, 3.8) is 0 Å². The number of carbonyl (C=O) groups is 2. The summed E-state index contributed by atoms with van der Waals surface area (Å²) < 4.78 is 0. The van der Waals surface area contributed by atoms with Crippen molar-refractivity contribution < 1.29 is 9.59 Å². The van der Waals surface area contributed by atoms with E-state index in [-0.39, 0.29) is 29.3 Å². The predicted octanol–water partition coefficient (Wildman–Crippen LogP) is 5.70. The molecule has 194 valence electrons. The van der Waals surface area contributed by atoms with E-state index in [0.29, 0.717) is 11.8 Å². The molecule has 8 rings (SSSR count). The van der Waals surface area contributed by atoms with E-state index < -0.39 is 5.92 Å². The monoisotopic (exact) mass is 480 g/mol. The molecule has 0 aromatic rings. The fourth-order valence-corrected chi connectivity index (χ4v) is 11.8. The van der Waals surface area contributed by atoms with Crippen molar-refractivity contribution in [2.45, 2.75) is 116 Å². The molecule has 2 amide bonds. The lowest BCUT2D eigenvalue weighted by Gasteiger charge is -2.58. The Labute approximate surface area is 212 Å². The van der Waals surface area contributed by atoms with Crippen LogP contribution in [0.4, 0.5) is 0 Å². The topological polar surface area (TPSA) is 58.2 Å². The van der Waals surface area contributed by atoms with Crippen LogP contribution < -0.4 is 10.6 Å². The Kier molecular flexibility index (Phi) is 5.60. The molecule has 0 radical (unpaired) electrons. The molecule has 8 fully saturated rings. The molecule has 2 N–H and O–H groups in total. The second-order valence-electron chi connectivity index (χ2n) is 15.0. The molecule has 9 atom stereocenters. The van der Waals surface area contributed by atoms with E-state index in [1.165, 1.54) is 70.6 Å². The summed E-state index contributed by atoms with van der Waals surface area (Å²) in [6, 6.07) is 0.398. The quantitative estimate of drug-likeness (QED) is 0.459. The van der Waals surface area contributed by atoms with Gasteiger partial charge in [-0.25, -0.2) is 0 Å². The average Bonchev–Trinajstić information content (AvgIpc) is 3.59. The number of fused-ring (bicyclic) bond motifs is 4. The lowest BCUT2D eigenvalue weighted by Crippen LogP contribution is -2.59. The lowest BCUT2D eigenvalue weighted by molar-refractivity contribution is -0.154. The molecule has 0 heterocycles. The van der Waals surface area contributed by atoms with Gasteiger partial charge in [-0.15, -0.1) is 0 Å². The molecule has 0 aromatic carbocycles. The van der Waals surface area contributed by atoms with Gasteiger partial charge in [-0.2, -0.15) is 0 Å². The first-order chi connectivity index (χ1) is 16.9. The Hall–Kier alpha value is -1.06. The SMILES string of the molecule is C[C@H](NC(=O)C(C(=O)N[C@H](C)[C@@H]1C[C@H]2CC[C@H]1C2)C12CC3CC(CC(C3)C1)C2)[C@@H]1C[C@H]2CC[C@H]1C2. The van der Waals surface area contributed by atoms with Gasteiger partial charge in [0, 0.05) is 12.1 Å². The van der Waals surface area contributed by atoms with E-state index >= 15 is 0 Å². The summed E-state index contributed by atoms with van der Waals surface area (Å²) in [6.07, 6.45) is 18.1. The second kappa shape index (κ2) is 8.48. The highest BCUT2D eigenvalue weighted by molar-refractivity contribution is 6.01. The van der Waals surface area contributed by atoms with Crippen LogP contribution in [0.15, 0.2) is 0 Å². The Morgan fingerprint density at radius 2 is 1.03 bits per heavy atom. The summed E-state index contributed by atoms with van der Waals surface area (Å²) in [5, 5.41) is 6.97. The van der Waals surface area contributed by atoms with Crippen LogP contribution in [0.3, 0.4) is 0 Å². The van der Waals surface area contributed by atoms with Crippen LogP contribution in [0.2, 0.25) is 0 Å². The number of hydrogen-bond donors (Lipinski definition) is 2. The summed E-state index contributed by atoms with van der Waals surface area (Å²) in [5.74, 6) is 6.47. The molecule has 8 aliphatic rings. The van der Waals surface area contributed by atoms with Crippen molar-refractivity contribution in [2.24, 2.45) is 64.6 Å². The van der Waals surface area contributed by atoms with E-state index in [1.54, 1.807) is 0 Å². The second-order valence-corrected chi connectivity index (χ2v) is 15.0. The molecule has 0 spiro atoms. The molecular weight excluding hydrogens is 432 g/mol. The standard InChI is InChI=1S/C31H48N2O2/c1-17(26-12-19-3-5-24(26)10-19)32-29(34)28(31-14-21-7-22(15-31)9-23(8-21)16-31)30(35)33-18(2)27-13-20-4-6-25(27)11-20/h17-28H,3-16H2,1-2H3,(H,32,34)(H,33,35)/t17-,18+,19-,20-,21?,22?,23?,24-,25-,26-,27-,28?,31?/m0/s1. The Bertz CT molecular complexity index is 785. The molecule has 0 aliphatic heterocycles. The summed E-state index contributed by atoms with van der Waals surface area (Å²) in [6.45, 7) is 4.46. The molecular formula is C31H48N2O2. The number of rotatable bonds is 7. The summed E-state index contributed by atoms with van der Waals surface area (Å²) in [5.41, 5.74) is -0.0915. The molecule has 1 unspecified atom stereocenters. The first-order valence-corrected chi connectivity index (χ1v) is 15.5. The van der Waals surface area contributed by atoms with E-state index in [0.717, 1.165) is 60.7 Å². The zero-order valence-corrected chi connectivity index (χ0v) is 22.1. The van der Waals surface area contributed by atoms with Gasteiger partial charge in [0.25, 0.3) is 0 Å². The zero-order chi connectivity index (χ0) is 23.9. The van der Waals surface area contributed by atoms with E-state index in [4.69, 9.17) is 0 Å². The van der Waals surface area contributed by atoms with Crippen molar-refractivity contribution in [1.82, 2.24) is 10.6 Å². The van der Waals surface area contributed by atoms with Gasteiger partial charge in [0.15, 0.2) is 0 Å². The Balaban J connectivity index is 1.11. The van der Waals surface area contributed by atoms with Crippen LogP contribution in [0.5, 0.6) is 0 Å². The predicted molar refractivity (Wildman–Crippen MR) is 137 cm³/mol. The van der Waals surface area contributed by atoms with Gasteiger partial charge >= 0.3 is 0 Å². The lowest BCUT2D eigenvalue weighted by atomic mass is 9.46. The fraction of sp³-hybridized carbons (Fsp3) is 0.935. The molecule has 8 saturated carbocycles. The summed E-state index contributed by atoms with van der Waals surface area (Å²) in [7, 11) is 0. The minimum Gasteiger partial charge on any atom is -0.353 e. The van der Waals surface area contributed by atoms with Crippen LogP contribution in [-0.2, 0) is 9.59 Å². The smallest absolute Gasteiger partial charge is 0.233 e. The zero-order valence-electron chi connectivity index (χ0n) is 22.1. The van der Waals surface area contributed by atoms with Crippen LogP contribution in [0.25, 0.3) is 0 Å². The Morgan fingerprint density at radius 1 is 0.600 bits per heavy atom. The van der Waals surface area contributed by atoms with Crippen molar-refractivity contribution in [1.29, 1.82) is 0 Å². The molecule has 8 aliphatic carbocycles. The van der Waals surface area contributed by atoms with Gasteiger partial charge in [-0.3, -0.25) is 9.59 Å². The molecule has 8 bridgehead atoms. The van der Waals surface area contributed by atoms with Gasteiger partial charge in [0.05, 0.1) is 0 Å². The van der Waals surface area contributed by atoms with Crippen LogP contribution >= 0.6 is 0 Å². The first kappa shape index (κ1) is 23.1. The van der Waals surface area contributed by atoms with Gasteiger partial charge in [0.2, 0.25) is 11.8 Å². The maximum absolute atomic E-state index is 14.1. The van der Waals surface area contributed by atoms with Gasteiger partial charge in [-0.05, 0) is 150 Å². The van der Waals surface area contributed by atoms with Crippen LogP contribution in [-0.4, -0.2) is 23.9 Å². The third kappa shape index (κ3) is 3.90. The van der Waals surface area contributed by atoms with E-state index in [1.807, 2.05) is 0 Å². The van der Waals surface area contributed by atoms with E-state index in [9.17, 15) is 9.59 Å². The average molecular weight is 481 g/mol. The van der Waals surface area contributed by atoms with E-state index in [2.05, 4.69) is 24.5 Å². The maximum Gasteiger partial charge on any atom is 0.233 e. The minimum absolute atomic E-state index is 0.0693.